The number of nitrogen functional groups attached to an aromatic ring is 1. The number of hydrogen-bond donors (Lipinski definition) is 5. The van der Waals surface area contributed by atoms with Crippen molar-refractivity contribution >= 4 is 34.6 Å². The summed E-state index contributed by atoms with van der Waals surface area (Å²) in [6.07, 6.45) is 2.24. The van der Waals surface area contributed by atoms with E-state index in [9.17, 15) is 14.4 Å². The van der Waals surface area contributed by atoms with Gasteiger partial charge in [-0.1, -0.05) is 0 Å². The Labute approximate surface area is 165 Å². The van der Waals surface area contributed by atoms with Gasteiger partial charge in [0, 0.05) is 24.2 Å². The third-order valence-corrected chi connectivity index (χ3v) is 3.99. The Morgan fingerprint density at radius 2 is 1.90 bits per heavy atom. The van der Waals surface area contributed by atoms with Crippen LogP contribution >= 0.6 is 0 Å². The Hall–Kier alpha value is -4.02. The number of benzene rings is 1. The summed E-state index contributed by atoms with van der Waals surface area (Å²) >= 11 is 0. The van der Waals surface area contributed by atoms with Crippen LogP contribution in [-0.4, -0.2) is 38.3 Å². The van der Waals surface area contributed by atoms with Crippen molar-refractivity contribution in [1.82, 2.24) is 25.3 Å². The minimum atomic E-state index is -0.451. The summed E-state index contributed by atoms with van der Waals surface area (Å²) in [7, 11) is 0. The molecule has 29 heavy (non-hydrogen) atoms. The van der Waals surface area contributed by atoms with Crippen molar-refractivity contribution in [2.45, 2.75) is 19.4 Å². The second-order valence-corrected chi connectivity index (χ2v) is 6.24. The molecule has 7 N–H and O–H groups in total. The van der Waals surface area contributed by atoms with Crippen LogP contribution in [-0.2, 0) is 11.3 Å². The lowest BCUT2D eigenvalue weighted by molar-refractivity contribution is -0.118. The van der Waals surface area contributed by atoms with Crippen molar-refractivity contribution < 1.29 is 9.59 Å². The second-order valence-electron chi connectivity index (χ2n) is 6.24. The van der Waals surface area contributed by atoms with Crippen LogP contribution in [0, 0.1) is 0 Å². The number of fused-ring (bicyclic) bond motifs is 1. The molecule has 0 bridgehead atoms. The highest BCUT2D eigenvalue weighted by atomic mass is 16.2. The number of aromatic amines is 1. The van der Waals surface area contributed by atoms with E-state index in [0.717, 1.165) is 5.69 Å². The average Bonchev–Trinajstić information content (AvgIpc) is 2.70. The second kappa shape index (κ2) is 8.78. The highest BCUT2D eigenvalue weighted by Crippen LogP contribution is 2.11. The molecule has 11 heteroatoms. The van der Waals surface area contributed by atoms with E-state index >= 15 is 0 Å². The molecule has 3 aromatic rings. The molecule has 2 aromatic heterocycles. The molecule has 0 spiro atoms. The maximum absolute atomic E-state index is 12.0. The number of anilines is 2. The number of amides is 2. The average molecular weight is 396 g/mol. The molecular formula is C18H20N8O3. The van der Waals surface area contributed by atoms with Crippen molar-refractivity contribution in [3.63, 3.8) is 0 Å². The highest BCUT2D eigenvalue weighted by molar-refractivity contribution is 5.94. The van der Waals surface area contributed by atoms with Crippen LogP contribution in [0.3, 0.4) is 0 Å². The third kappa shape index (κ3) is 5.25. The number of H-pyrrole nitrogens is 1. The molecule has 0 aliphatic heterocycles. The predicted molar refractivity (Wildman–Crippen MR) is 107 cm³/mol. The van der Waals surface area contributed by atoms with Gasteiger partial charge in [0.2, 0.25) is 11.9 Å². The van der Waals surface area contributed by atoms with Gasteiger partial charge in [-0.05, 0) is 30.7 Å². The molecule has 1 aromatic carbocycles. The highest BCUT2D eigenvalue weighted by Gasteiger charge is 2.08. The SMILES string of the molecule is NC(=O)CCCNC(=O)c1ccc(NCc2cnc3nc(N)[nH]c(=O)c3n2)cc1. The molecule has 0 aliphatic rings. The van der Waals surface area contributed by atoms with E-state index < -0.39 is 11.5 Å². The Kier molecular flexibility index (Phi) is 5.97. The Morgan fingerprint density at radius 3 is 2.62 bits per heavy atom. The fourth-order valence-electron chi connectivity index (χ4n) is 2.55. The summed E-state index contributed by atoms with van der Waals surface area (Å²) in [5, 5.41) is 5.87. The van der Waals surface area contributed by atoms with Crippen LogP contribution in [0.1, 0.15) is 28.9 Å². The fraction of sp³-hybridized carbons (Fsp3) is 0.222. The first-order valence-electron chi connectivity index (χ1n) is 8.84. The maximum Gasteiger partial charge on any atom is 0.280 e. The Bertz CT molecular complexity index is 1090. The molecule has 0 unspecified atom stereocenters. The quantitative estimate of drug-likeness (QED) is 0.327. The molecule has 150 valence electrons. The standard InChI is InChI=1S/C18H20N8O3/c19-13(27)2-1-7-21-16(28)10-3-5-11(6-4-10)22-8-12-9-23-15-14(24-12)17(29)26-18(20)25-15/h3-6,9,22H,1-2,7-8H2,(H2,19,27)(H,21,28)(H3,20,23,25,26,29). The number of nitrogens with two attached hydrogens (primary N) is 2. The topological polar surface area (TPSA) is 182 Å². The molecule has 2 amide bonds. The normalized spacial score (nSPS) is 10.6. The van der Waals surface area contributed by atoms with Crippen LogP contribution in [0.4, 0.5) is 11.6 Å². The zero-order chi connectivity index (χ0) is 20.8. The summed E-state index contributed by atoms with van der Waals surface area (Å²) in [4.78, 5) is 49.3. The van der Waals surface area contributed by atoms with Crippen LogP contribution in [0.25, 0.3) is 11.2 Å². The van der Waals surface area contributed by atoms with E-state index in [1.54, 1.807) is 24.3 Å². The number of nitrogens with zero attached hydrogens (tertiary/aromatic N) is 3. The molecule has 0 saturated heterocycles. The lowest BCUT2D eigenvalue weighted by Gasteiger charge is -2.08. The molecule has 2 heterocycles. The Balaban J connectivity index is 1.57. The van der Waals surface area contributed by atoms with Crippen molar-refractivity contribution in [2.75, 3.05) is 17.6 Å². The van der Waals surface area contributed by atoms with Crippen LogP contribution < -0.4 is 27.7 Å². The van der Waals surface area contributed by atoms with Gasteiger partial charge in [0.1, 0.15) is 0 Å². The van der Waals surface area contributed by atoms with Gasteiger partial charge in [-0.3, -0.25) is 19.4 Å². The van der Waals surface area contributed by atoms with Gasteiger partial charge in [-0.15, -0.1) is 0 Å². The van der Waals surface area contributed by atoms with E-state index in [1.807, 2.05) is 0 Å². The first-order valence-corrected chi connectivity index (χ1v) is 8.84. The Morgan fingerprint density at radius 1 is 1.14 bits per heavy atom. The molecule has 11 nitrogen and oxygen atoms in total. The lowest BCUT2D eigenvalue weighted by Crippen LogP contribution is -2.25. The molecule has 0 aliphatic carbocycles. The molecule has 0 radical (unpaired) electrons. The number of carbonyl (C=O) groups is 2. The number of aromatic nitrogens is 4. The summed E-state index contributed by atoms with van der Waals surface area (Å²) in [6, 6.07) is 6.86. The molecule has 0 fully saturated rings. The molecule has 0 saturated carbocycles. The number of hydrogen-bond acceptors (Lipinski definition) is 8. The van der Waals surface area contributed by atoms with Crippen LogP contribution in [0.15, 0.2) is 35.3 Å². The number of nitrogens with one attached hydrogen (secondary N) is 3. The number of rotatable bonds is 8. The minimum Gasteiger partial charge on any atom is -0.379 e. The first kappa shape index (κ1) is 19.7. The lowest BCUT2D eigenvalue weighted by atomic mass is 10.2. The summed E-state index contributed by atoms with van der Waals surface area (Å²) in [6.45, 7) is 0.702. The predicted octanol–water partition coefficient (Wildman–Crippen LogP) is -0.0973. The third-order valence-electron chi connectivity index (χ3n) is 3.99. The van der Waals surface area contributed by atoms with Crippen LogP contribution in [0.2, 0.25) is 0 Å². The summed E-state index contributed by atoms with van der Waals surface area (Å²) in [5.74, 6) is -0.636. The van der Waals surface area contributed by atoms with Gasteiger partial charge in [-0.25, -0.2) is 9.97 Å². The van der Waals surface area contributed by atoms with Crippen molar-refractivity contribution in [3.05, 3.63) is 52.1 Å². The summed E-state index contributed by atoms with van der Waals surface area (Å²) < 4.78 is 0. The van der Waals surface area contributed by atoms with Gasteiger partial charge in [-0.2, -0.15) is 4.98 Å². The maximum atomic E-state index is 12.0. The zero-order valence-electron chi connectivity index (χ0n) is 15.4. The zero-order valence-corrected chi connectivity index (χ0v) is 15.4. The first-order chi connectivity index (χ1) is 13.9. The smallest absolute Gasteiger partial charge is 0.280 e. The van der Waals surface area contributed by atoms with E-state index in [4.69, 9.17) is 11.5 Å². The van der Waals surface area contributed by atoms with Gasteiger partial charge >= 0.3 is 0 Å². The van der Waals surface area contributed by atoms with E-state index in [0.29, 0.717) is 30.8 Å². The monoisotopic (exact) mass is 396 g/mol. The van der Waals surface area contributed by atoms with Crippen molar-refractivity contribution in [2.24, 2.45) is 5.73 Å². The van der Waals surface area contributed by atoms with Crippen LogP contribution in [0.5, 0.6) is 0 Å². The van der Waals surface area contributed by atoms with Gasteiger partial charge < -0.3 is 22.1 Å². The van der Waals surface area contributed by atoms with Gasteiger partial charge in [0.05, 0.1) is 18.4 Å². The van der Waals surface area contributed by atoms with E-state index in [1.165, 1.54) is 6.20 Å². The van der Waals surface area contributed by atoms with E-state index in [-0.39, 0.29) is 29.4 Å². The molecular weight excluding hydrogens is 376 g/mol. The van der Waals surface area contributed by atoms with Gasteiger partial charge in [0.15, 0.2) is 11.2 Å². The number of carbonyl (C=O) groups excluding carboxylic acids is 2. The molecule has 0 atom stereocenters. The minimum absolute atomic E-state index is 0.0142. The number of primary amides is 1. The summed E-state index contributed by atoms with van der Waals surface area (Å²) in [5.41, 5.74) is 12.2. The van der Waals surface area contributed by atoms with Crippen molar-refractivity contribution in [3.8, 4) is 0 Å². The van der Waals surface area contributed by atoms with Crippen molar-refractivity contribution in [1.29, 1.82) is 0 Å². The largest absolute Gasteiger partial charge is 0.379 e. The van der Waals surface area contributed by atoms with Gasteiger partial charge in [0.25, 0.3) is 11.5 Å². The molecule has 3 rings (SSSR count). The van der Waals surface area contributed by atoms with E-state index in [2.05, 4.69) is 30.6 Å². The fourth-order valence-corrected chi connectivity index (χ4v) is 2.55.